The topological polar surface area (TPSA) is 84.8 Å². The van der Waals surface area contributed by atoms with Crippen LogP contribution in [0.15, 0.2) is 0 Å². The molecule has 3 fully saturated rings. The quantitative estimate of drug-likeness (QED) is 0.324. The summed E-state index contributed by atoms with van der Waals surface area (Å²) >= 11 is 0. The molecule has 0 spiro atoms. The van der Waals surface area contributed by atoms with Crippen molar-refractivity contribution in [3.63, 3.8) is 0 Å². The SMILES string of the molecule is C=P(C)(OCC1OC(C)C(C)C1OP(=C)(C)OCC1OC(C)C(C)C1O)OC1CC(C)OC1CC(C)(C)C. The number of ether oxygens (including phenoxy) is 3. The molecular formula is C28H54O8P2. The Bertz CT molecular complexity index is 875. The zero-order chi connectivity index (χ0) is 28.6. The Labute approximate surface area is 231 Å². The minimum Gasteiger partial charge on any atom is -0.390 e. The molecule has 8 nitrogen and oxygen atoms in total. The third kappa shape index (κ3) is 8.89. The largest absolute Gasteiger partial charge is 0.390 e. The fourth-order valence-corrected chi connectivity index (χ4v) is 8.18. The molecule has 1 N–H and O–H groups in total. The van der Waals surface area contributed by atoms with Gasteiger partial charge in [0.25, 0.3) is 0 Å². The average Bonchev–Trinajstić information content (AvgIpc) is 3.33. The van der Waals surface area contributed by atoms with Gasteiger partial charge in [-0.1, -0.05) is 47.2 Å². The number of hydrogen-bond donors (Lipinski definition) is 1. The standard InChI is InChI=1S/C28H54O8P2/c1-17-13-22(23(32-17)14-28(6,7)8)35-37(9,10)31-16-25-27(19(3)21(5)34-25)36-38(11,12)30-15-24-26(29)18(2)20(4)33-24/h17-27,29H,9,11,13-16H2,1-8,10,12H3. The van der Waals surface area contributed by atoms with Gasteiger partial charge in [-0.3, -0.25) is 0 Å². The van der Waals surface area contributed by atoms with Crippen molar-refractivity contribution in [3.8, 4) is 0 Å². The van der Waals surface area contributed by atoms with Crippen LogP contribution in [-0.2, 0) is 32.3 Å². The van der Waals surface area contributed by atoms with E-state index in [0.717, 1.165) is 12.8 Å². The molecule has 0 bridgehead atoms. The third-order valence-electron chi connectivity index (χ3n) is 7.99. The van der Waals surface area contributed by atoms with E-state index in [9.17, 15) is 5.11 Å². The summed E-state index contributed by atoms with van der Waals surface area (Å²) in [6.07, 6.45) is 9.05. The lowest BCUT2D eigenvalue weighted by atomic mass is 9.87. The average molecular weight is 581 g/mol. The maximum Gasteiger partial charge on any atom is 0.115 e. The molecular weight excluding hydrogens is 526 g/mol. The molecule has 224 valence electrons. The van der Waals surface area contributed by atoms with Crippen LogP contribution in [0.3, 0.4) is 0 Å². The van der Waals surface area contributed by atoms with Crippen LogP contribution in [0.4, 0.5) is 0 Å². The maximum absolute atomic E-state index is 10.4. The van der Waals surface area contributed by atoms with Gasteiger partial charge < -0.3 is 37.4 Å². The van der Waals surface area contributed by atoms with Gasteiger partial charge in [0.2, 0.25) is 0 Å². The Morgan fingerprint density at radius 1 is 0.789 bits per heavy atom. The molecule has 0 saturated carbocycles. The highest BCUT2D eigenvalue weighted by atomic mass is 31.2. The van der Waals surface area contributed by atoms with E-state index in [2.05, 4.69) is 54.1 Å². The van der Waals surface area contributed by atoms with Crippen LogP contribution in [0.2, 0.25) is 0 Å². The zero-order valence-electron chi connectivity index (χ0n) is 25.3. The third-order valence-corrected chi connectivity index (χ3v) is 10.8. The molecule has 0 aliphatic carbocycles. The molecule has 0 radical (unpaired) electrons. The second-order valence-corrected chi connectivity index (χ2v) is 18.3. The number of aliphatic hydroxyl groups excluding tert-OH is 1. The van der Waals surface area contributed by atoms with Crippen LogP contribution in [0, 0.1) is 17.3 Å². The summed E-state index contributed by atoms with van der Waals surface area (Å²) < 4.78 is 43.7. The minimum absolute atomic E-state index is 0.00542. The van der Waals surface area contributed by atoms with Gasteiger partial charge in [-0.2, -0.15) is 0 Å². The number of hydrogen-bond acceptors (Lipinski definition) is 8. The smallest absolute Gasteiger partial charge is 0.115 e. The molecule has 3 saturated heterocycles. The van der Waals surface area contributed by atoms with Gasteiger partial charge in [0.15, 0.2) is 0 Å². The van der Waals surface area contributed by atoms with Crippen LogP contribution in [0.1, 0.15) is 68.2 Å². The predicted molar refractivity (Wildman–Crippen MR) is 158 cm³/mol. The Morgan fingerprint density at radius 2 is 1.32 bits per heavy atom. The van der Waals surface area contributed by atoms with E-state index in [1.165, 1.54) is 0 Å². The normalized spacial score (nSPS) is 43.3. The first kappa shape index (κ1) is 32.8. The van der Waals surface area contributed by atoms with E-state index in [1.54, 1.807) is 0 Å². The monoisotopic (exact) mass is 580 g/mol. The molecule has 0 aromatic carbocycles. The molecule has 0 aromatic heterocycles. The summed E-state index contributed by atoms with van der Waals surface area (Å²) in [5, 5.41) is 10.4. The highest BCUT2D eigenvalue weighted by molar-refractivity contribution is 7.64. The van der Waals surface area contributed by atoms with Gasteiger partial charge in [0, 0.05) is 31.6 Å². The van der Waals surface area contributed by atoms with Crippen LogP contribution < -0.4 is 0 Å². The first-order valence-corrected chi connectivity index (χ1v) is 18.6. The lowest BCUT2D eigenvalue weighted by Crippen LogP contribution is -2.33. The van der Waals surface area contributed by atoms with Gasteiger partial charge >= 0.3 is 0 Å². The lowest BCUT2D eigenvalue weighted by molar-refractivity contribution is -0.0227. The van der Waals surface area contributed by atoms with Crippen molar-refractivity contribution in [3.05, 3.63) is 0 Å². The van der Waals surface area contributed by atoms with Crippen molar-refractivity contribution in [1.29, 1.82) is 0 Å². The Morgan fingerprint density at radius 3 is 1.87 bits per heavy atom. The van der Waals surface area contributed by atoms with Crippen molar-refractivity contribution in [2.24, 2.45) is 17.3 Å². The molecule has 3 aliphatic heterocycles. The van der Waals surface area contributed by atoms with Crippen LogP contribution >= 0.6 is 14.7 Å². The summed E-state index contributed by atoms with van der Waals surface area (Å²) in [7, 11) is -4.85. The van der Waals surface area contributed by atoms with Crippen molar-refractivity contribution < 1.29 is 37.4 Å². The van der Waals surface area contributed by atoms with Gasteiger partial charge in [-0.05, 0) is 32.6 Å². The molecule has 0 aromatic rings. The molecule has 13 unspecified atom stereocenters. The van der Waals surface area contributed by atoms with Crippen LogP contribution in [0.25, 0.3) is 0 Å². The molecule has 10 heteroatoms. The number of aliphatic hydroxyl groups is 1. The van der Waals surface area contributed by atoms with Crippen molar-refractivity contribution in [2.75, 3.05) is 26.5 Å². The van der Waals surface area contributed by atoms with E-state index < -0.39 is 20.8 Å². The van der Waals surface area contributed by atoms with Gasteiger partial charge in [0.05, 0.1) is 55.9 Å². The Hall–Kier alpha value is 0.280. The molecule has 38 heavy (non-hydrogen) atoms. The van der Waals surface area contributed by atoms with Crippen molar-refractivity contribution >= 4 is 27.3 Å². The van der Waals surface area contributed by atoms with Crippen molar-refractivity contribution in [1.82, 2.24) is 0 Å². The highest BCUT2D eigenvalue weighted by Gasteiger charge is 2.44. The van der Waals surface area contributed by atoms with Gasteiger partial charge in [-0.15, -0.1) is 0 Å². The summed E-state index contributed by atoms with van der Waals surface area (Å²) in [5.74, 6) is 0.201. The minimum atomic E-state index is -2.47. The van der Waals surface area contributed by atoms with E-state index in [1.807, 2.05) is 27.2 Å². The van der Waals surface area contributed by atoms with Gasteiger partial charge in [0.1, 0.15) is 26.9 Å². The van der Waals surface area contributed by atoms with E-state index in [0.29, 0.717) is 6.61 Å². The highest BCUT2D eigenvalue weighted by Crippen LogP contribution is 2.51. The van der Waals surface area contributed by atoms with Gasteiger partial charge in [-0.25, -0.2) is 0 Å². The molecule has 0 amide bonds. The van der Waals surface area contributed by atoms with E-state index in [-0.39, 0.29) is 72.7 Å². The summed E-state index contributed by atoms with van der Waals surface area (Å²) in [6, 6.07) is 0. The molecule has 13 atom stereocenters. The molecule has 3 rings (SSSR count). The zero-order valence-corrected chi connectivity index (χ0v) is 27.1. The van der Waals surface area contributed by atoms with Crippen molar-refractivity contribution in [2.45, 2.75) is 123 Å². The van der Waals surface area contributed by atoms with E-state index >= 15 is 0 Å². The molecule has 3 heterocycles. The Balaban J connectivity index is 1.57. The second kappa shape index (κ2) is 12.7. The fraction of sp³-hybridized carbons (Fsp3) is 0.929. The summed E-state index contributed by atoms with van der Waals surface area (Å²) in [6.45, 7) is 21.3. The first-order valence-electron chi connectivity index (χ1n) is 14.1. The first-order chi connectivity index (χ1) is 17.4. The predicted octanol–water partition coefficient (Wildman–Crippen LogP) is 5.43. The number of rotatable bonds is 11. The second-order valence-electron chi connectivity index (χ2n) is 13.3. The Kier molecular flexibility index (Phi) is 10.9. The molecule has 3 aliphatic rings. The van der Waals surface area contributed by atoms with Crippen LogP contribution in [0.5, 0.6) is 0 Å². The lowest BCUT2D eigenvalue weighted by Gasteiger charge is -2.32. The van der Waals surface area contributed by atoms with Crippen LogP contribution in [-0.4, -0.2) is 99.2 Å². The summed E-state index contributed by atoms with van der Waals surface area (Å²) in [5.41, 5.74) is 0.145. The summed E-state index contributed by atoms with van der Waals surface area (Å²) in [4.78, 5) is 0. The maximum atomic E-state index is 10.4. The fourth-order valence-electron chi connectivity index (χ4n) is 5.50. The van der Waals surface area contributed by atoms with E-state index in [4.69, 9.17) is 32.3 Å².